The summed E-state index contributed by atoms with van der Waals surface area (Å²) in [6, 6.07) is 0. The molecule has 0 rings (SSSR count). The molecule has 3 atom stereocenters. The van der Waals surface area contributed by atoms with Gasteiger partial charge in [-0.25, -0.2) is 4.57 Å². The number of phosphoric ester groups is 1. The number of rotatable bonds is 37. The minimum absolute atomic E-state index is 0.143. The fourth-order valence-corrected chi connectivity index (χ4v) is 5.64. The highest BCUT2D eigenvalue weighted by molar-refractivity contribution is 7.47. The molecule has 57 heavy (non-hydrogen) atoms. The molecule has 3 N–H and O–H groups in total. The standard InChI is InChI=1S/C46H73O10P/c1-3-5-7-9-11-13-15-17-19-20-21-22-24-25-27-29-31-33-35-37-45(49)53-41-44(42-55-57(51,52)54-40-43(48)39-47)56-46(50)38-36-34-32-30-28-26-23-18-16-14-12-10-8-6-4-2/h5-8,10-14,16-19,21-23,25,27,43-44,47-48H,3-4,9,15,20,24,26,28-42H2,1-2H3,(H,51,52)/b7-5+,8-6+,12-10+,13-11+,16-14+,19-17+,22-21+,23-18+,27-25+/t43-,44+/m0/s1. The van der Waals surface area contributed by atoms with Gasteiger partial charge in [-0.1, -0.05) is 149 Å². The van der Waals surface area contributed by atoms with Gasteiger partial charge in [0.2, 0.25) is 0 Å². The lowest BCUT2D eigenvalue weighted by Gasteiger charge is -2.20. The molecule has 10 nitrogen and oxygen atoms in total. The Morgan fingerprint density at radius 2 is 1.00 bits per heavy atom. The first-order valence-electron chi connectivity index (χ1n) is 20.9. The van der Waals surface area contributed by atoms with Crippen LogP contribution >= 0.6 is 7.82 Å². The number of hydrogen-bond acceptors (Lipinski definition) is 9. The molecule has 0 spiro atoms. The molecule has 0 amide bonds. The summed E-state index contributed by atoms with van der Waals surface area (Å²) >= 11 is 0. The fraction of sp³-hybridized carbons (Fsp3) is 0.565. The monoisotopic (exact) mass is 816 g/mol. The van der Waals surface area contributed by atoms with Crippen molar-refractivity contribution in [1.82, 2.24) is 0 Å². The molecule has 0 aromatic heterocycles. The molecule has 0 aliphatic heterocycles. The van der Waals surface area contributed by atoms with Gasteiger partial charge in [-0.05, 0) is 77.0 Å². The van der Waals surface area contributed by atoms with E-state index in [1.807, 2.05) is 36.5 Å². The lowest BCUT2D eigenvalue weighted by atomic mass is 10.1. The second kappa shape index (κ2) is 40.8. The third kappa shape index (κ3) is 40.6. The van der Waals surface area contributed by atoms with Crippen molar-refractivity contribution in [3.63, 3.8) is 0 Å². The zero-order valence-electron chi connectivity index (χ0n) is 34.7. The van der Waals surface area contributed by atoms with E-state index in [-0.39, 0.29) is 19.4 Å². The van der Waals surface area contributed by atoms with E-state index in [0.29, 0.717) is 12.8 Å². The van der Waals surface area contributed by atoms with Crippen LogP contribution in [-0.4, -0.2) is 65.7 Å². The first kappa shape index (κ1) is 53.6. The van der Waals surface area contributed by atoms with Gasteiger partial charge < -0.3 is 24.6 Å². The SMILES string of the molecule is CC/C=C/C=C/C=C/C=C/CCCCCCCC(=O)O[C@H](COC(=O)CCCCC/C=C/C/C=C/C/C=C/C/C=C/C/C=C/CC)COP(=O)(O)OC[C@@H](O)CO. The maximum Gasteiger partial charge on any atom is 0.472 e. The molecular formula is C46H73O10P. The number of allylic oxidation sites excluding steroid dienone is 18. The van der Waals surface area contributed by atoms with E-state index in [4.69, 9.17) is 19.1 Å². The second-order valence-corrected chi connectivity index (χ2v) is 14.8. The predicted molar refractivity (Wildman–Crippen MR) is 232 cm³/mol. The number of carbonyl (C=O) groups is 2. The van der Waals surface area contributed by atoms with Crippen LogP contribution < -0.4 is 0 Å². The number of aliphatic hydroxyl groups excluding tert-OH is 2. The van der Waals surface area contributed by atoms with Crippen molar-refractivity contribution in [3.05, 3.63) is 109 Å². The Labute approximate surface area is 344 Å². The average Bonchev–Trinajstić information content (AvgIpc) is 3.20. The molecule has 0 heterocycles. The Bertz CT molecular complexity index is 1310. The molecule has 0 aliphatic carbocycles. The third-order valence-corrected chi connectivity index (χ3v) is 8.97. The Kier molecular flexibility index (Phi) is 38.4. The van der Waals surface area contributed by atoms with E-state index in [9.17, 15) is 24.2 Å². The number of carbonyl (C=O) groups excluding carboxylic acids is 2. The van der Waals surface area contributed by atoms with Crippen LogP contribution in [0.25, 0.3) is 0 Å². The maximum absolute atomic E-state index is 12.6. The fourth-order valence-electron chi connectivity index (χ4n) is 4.85. The number of esters is 2. The van der Waals surface area contributed by atoms with Gasteiger partial charge in [0, 0.05) is 12.8 Å². The van der Waals surface area contributed by atoms with Crippen LogP contribution in [0.4, 0.5) is 0 Å². The van der Waals surface area contributed by atoms with Crippen molar-refractivity contribution in [2.45, 2.75) is 142 Å². The van der Waals surface area contributed by atoms with Crippen molar-refractivity contribution in [3.8, 4) is 0 Å². The molecule has 0 fully saturated rings. The Hall–Kier alpha value is -3.37. The summed E-state index contributed by atoms with van der Waals surface area (Å²) in [5.41, 5.74) is 0. The molecule has 0 aromatic carbocycles. The van der Waals surface area contributed by atoms with E-state index in [2.05, 4.69) is 91.3 Å². The smallest absolute Gasteiger partial charge is 0.462 e. The van der Waals surface area contributed by atoms with E-state index in [1.54, 1.807) is 0 Å². The Balaban J connectivity index is 4.44. The predicted octanol–water partition coefficient (Wildman–Crippen LogP) is 11.0. The first-order chi connectivity index (χ1) is 27.7. The lowest BCUT2D eigenvalue weighted by molar-refractivity contribution is -0.161. The molecule has 1 unspecified atom stereocenters. The maximum atomic E-state index is 12.6. The van der Waals surface area contributed by atoms with Gasteiger partial charge in [0.05, 0.1) is 19.8 Å². The first-order valence-corrected chi connectivity index (χ1v) is 22.4. The van der Waals surface area contributed by atoms with Gasteiger partial charge >= 0.3 is 19.8 Å². The van der Waals surface area contributed by atoms with Crippen LogP contribution in [0.3, 0.4) is 0 Å². The van der Waals surface area contributed by atoms with Crippen molar-refractivity contribution in [1.29, 1.82) is 0 Å². The average molecular weight is 817 g/mol. The van der Waals surface area contributed by atoms with Crippen molar-refractivity contribution in [2.75, 3.05) is 26.4 Å². The van der Waals surface area contributed by atoms with E-state index in [1.165, 1.54) is 0 Å². The molecule has 0 bridgehead atoms. The number of unbranched alkanes of at least 4 members (excludes halogenated alkanes) is 8. The van der Waals surface area contributed by atoms with Crippen LogP contribution in [0, 0.1) is 0 Å². The topological polar surface area (TPSA) is 149 Å². The van der Waals surface area contributed by atoms with E-state index >= 15 is 0 Å². The highest BCUT2D eigenvalue weighted by Gasteiger charge is 2.27. The summed E-state index contributed by atoms with van der Waals surface area (Å²) in [5, 5.41) is 18.3. The number of hydrogen-bond donors (Lipinski definition) is 3. The van der Waals surface area contributed by atoms with Crippen LogP contribution in [0.1, 0.15) is 129 Å². The molecule has 0 radical (unpaired) electrons. The highest BCUT2D eigenvalue weighted by Crippen LogP contribution is 2.43. The van der Waals surface area contributed by atoms with Crippen molar-refractivity contribution < 1.29 is 47.8 Å². The minimum Gasteiger partial charge on any atom is -0.462 e. The summed E-state index contributed by atoms with van der Waals surface area (Å²) in [4.78, 5) is 35.0. The molecule has 0 saturated heterocycles. The van der Waals surface area contributed by atoms with Crippen molar-refractivity contribution >= 4 is 19.8 Å². The quantitative estimate of drug-likeness (QED) is 0.0182. The van der Waals surface area contributed by atoms with Gasteiger partial charge in [0.25, 0.3) is 0 Å². The molecule has 11 heteroatoms. The van der Waals surface area contributed by atoms with E-state index < -0.39 is 51.8 Å². The van der Waals surface area contributed by atoms with Gasteiger partial charge in [0.15, 0.2) is 6.10 Å². The van der Waals surface area contributed by atoms with Gasteiger partial charge in [-0.3, -0.25) is 18.6 Å². The van der Waals surface area contributed by atoms with Gasteiger partial charge in [-0.15, -0.1) is 0 Å². The minimum atomic E-state index is -4.64. The summed E-state index contributed by atoms with van der Waals surface area (Å²) in [7, 11) is -4.64. The molecule has 322 valence electrons. The molecule has 0 saturated carbocycles. The summed E-state index contributed by atoms with van der Waals surface area (Å²) < 4.78 is 32.6. The normalized spacial score (nSPS) is 15.0. The number of aliphatic hydroxyl groups is 2. The van der Waals surface area contributed by atoms with Crippen molar-refractivity contribution in [2.24, 2.45) is 0 Å². The highest BCUT2D eigenvalue weighted by atomic mass is 31.2. The van der Waals surface area contributed by atoms with Crippen LogP contribution in [-0.2, 0) is 32.7 Å². The third-order valence-electron chi connectivity index (χ3n) is 8.02. The largest absolute Gasteiger partial charge is 0.472 e. The van der Waals surface area contributed by atoms with Gasteiger partial charge in [-0.2, -0.15) is 0 Å². The van der Waals surface area contributed by atoms with E-state index in [0.717, 1.165) is 89.9 Å². The Morgan fingerprint density at radius 3 is 1.60 bits per heavy atom. The Morgan fingerprint density at radius 1 is 0.544 bits per heavy atom. The lowest BCUT2D eigenvalue weighted by Crippen LogP contribution is -2.29. The number of phosphoric acid groups is 1. The van der Waals surface area contributed by atoms with Gasteiger partial charge in [0.1, 0.15) is 12.7 Å². The number of ether oxygens (including phenoxy) is 2. The molecular weight excluding hydrogens is 743 g/mol. The molecule has 0 aromatic rings. The van der Waals surface area contributed by atoms with Crippen LogP contribution in [0.2, 0.25) is 0 Å². The van der Waals surface area contributed by atoms with Crippen LogP contribution in [0.5, 0.6) is 0 Å². The second-order valence-electron chi connectivity index (χ2n) is 13.3. The summed E-state index contributed by atoms with van der Waals surface area (Å²) in [6.07, 6.45) is 50.5. The summed E-state index contributed by atoms with van der Waals surface area (Å²) in [6.45, 7) is 2.02. The molecule has 0 aliphatic rings. The van der Waals surface area contributed by atoms with Crippen LogP contribution in [0.15, 0.2) is 109 Å². The zero-order valence-corrected chi connectivity index (χ0v) is 35.6. The summed E-state index contributed by atoms with van der Waals surface area (Å²) in [5.74, 6) is -1.00. The zero-order chi connectivity index (χ0) is 41.9.